The summed E-state index contributed by atoms with van der Waals surface area (Å²) in [5.41, 5.74) is 1.09. The van der Waals surface area contributed by atoms with Crippen LogP contribution in [0.3, 0.4) is 0 Å². The average Bonchev–Trinajstić information content (AvgIpc) is 2.62. The van der Waals surface area contributed by atoms with Gasteiger partial charge in [0, 0.05) is 22.5 Å². The molecule has 2 aromatic rings. The SMILES string of the molecule is N=c1sc(Cc2ccc(Cl)cc2)cn1CC(=O)O. The molecular weight excluding hydrogens is 272 g/mol. The summed E-state index contributed by atoms with van der Waals surface area (Å²) in [5.74, 6) is -0.940. The zero-order valence-corrected chi connectivity index (χ0v) is 11.0. The van der Waals surface area contributed by atoms with Gasteiger partial charge in [0.15, 0.2) is 4.80 Å². The van der Waals surface area contributed by atoms with E-state index in [4.69, 9.17) is 22.1 Å². The highest BCUT2D eigenvalue weighted by Crippen LogP contribution is 2.15. The Morgan fingerprint density at radius 1 is 1.39 bits per heavy atom. The summed E-state index contributed by atoms with van der Waals surface area (Å²) in [5, 5.41) is 17.1. The average molecular weight is 283 g/mol. The maximum absolute atomic E-state index is 10.6. The van der Waals surface area contributed by atoms with Crippen molar-refractivity contribution >= 4 is 28.9 Å². The molecule has 0 spiro atoms. The minimum Gasteiger partial charge on any atom is -0.480 e. The van der Waals surface area contributed by atoms with E-state index in [2.05, 4.69) is 0 Å². The third kappa shape index (κ3) is 3.21. The van der Waals surface area contributed by atoms with E-state index < -0.39 is 5.97 Å². The van der Waals surface area contributed by atoms with Crippen LogP contribution in [0.5, 0.6) is 0 Å². The van der Waals surface area contributed by atoms with E-state index in [1.807, 2.05) is 24.3 Å². The second kappa shape index (κ2) is 5.37. The highest BCUT2D eigenvalue weighted by atomic mass is 35.5. The van der Waals surface area contributed by atoms with Gasteiger partial charge < -0.3 is 9.67 Å². The van der Waals surface area contributed by atoms with Crippen molar-refractivity contribution in [3.63, 3.8) is 0 Å². The highest BCUT2D eigenvalue weighted by Gasteiger charge is 2.06. The van der Waals surface area contributed by atoms with Gasteiger partial charge in [0.2, 0.25) is 0 Å². The van der Waals surface area contributed by atoms with Crippen LogP contribution in [0.15, 0.2) is 30.5 Å². The molecule has 2 rings (SSSR count). The van der Waals surface area contributed by atoms with Crippen LogP contribution in [0.2, 0.25) is 5.02 Å². The smallest absolute Gasteiger partial charge is 0.323 e. The first-order valence-corrected chi connectivity index (χ1v) is 6.44. The molecule has 0 bridgehead atoms. The molecule has 0 radical (unpaired) electrons. The van der Waals surface area contributed by atoms with E-state index in [1.165, 1.54) is 15.9 Å². The molecule has 4 nitrogen and oxygen atoms in total. The molecule has 0 aliphatic rings. The molecule has 18 heavy (non-hydrogen) atoms. The number of hydrogen-bond acceptors (Lipinski definition) is 3. The topological polar surface area (TPSA) is 66.1 Å². The predicted octanol–water partition coefficient (Wildman–Crippen LogP) is 2.36. The molecule has 94 valence electrons. The number of nitrogens with one attached hydrogen (secondary N) is 1. The zero-order valence-electron chi connectivity index (χ0n) is 9.39. The lowest BCUT2D eigenvalue weighted by atomic mass is 10.1. The fourth-order valence-corrected chi connectivity index (χ4v) is 2.62. The van der Waals surface area contributed by atoms with Gasteiger partial charge in [-0.2, -0.15) is 0 Å². The lowest BCUT2D eigenvalue weighted by Crippen LogP contribution is -2.17. The summed E-state index contributed by atoms with van der Waals surface area (Å²) in [6, 6.07) is 7.48. The molecule has 1 aromatic carbocycles. The molecule has 0 aliphatic heterocycles. The third-order valence-electron chi connectivity index (χ3n) is 2.39. The number of carbonyl (C=O) groups is 1. The van der Waals surface area contributed by atoms with Crippen molar-refractivity contribution in [3.8, 4) is 0 Å². The number of carboxylic acid groups (broad SMARTS) is 1. The van der Waals surface area contributed by atoms with Crippen molar-refractivity contribution in [1.82, 2.24) is 4.57 Å². The van der Waals surface area contributed by atoms with Crippen molar-refractivity contribution in [3.05, 3.63) is 50.7 Å². The molecule has 0 unspecified atom stereocenters. The Hall–Kier alpha value is -1.59. The van der Waals surface area contributed by atoms with Crippen LogP contribution in [0, 0.1) is 5.41 Å². The van der Waals surface area contributed by atoms with Crippen LogP contribution in [0.1, 0.15) is 10.4 Å². The van der Waals surface area contributed by atoms with Crippen LogP contribution < -0.4 is 4.80 Å². The summed E-state index contributed by atoms with van der Waals surface area (Å²) in [6.45, 7) is -0.171. The van der Waals surface area contributed by atoms with Crippen LogP contribution in [0.4, 0.5) is 0 Å². The first-order chi connectivity index (χ1) is 8.54. The number of nitrogens with zero attached hydrogens (tertiary/aromatic N) is 1. The molecule has 0 amide bonds. The molecule has 1 aromatic heterocycles. The van der Waals surface area contributed by atoms with E-state index in [1.54, 1.807) is 6.20 Å². The Labute approximate surface area is 113 Å². The molecule has 0 saturated heterocycles. The Morgan fingerprint density at radius 3 is 2.67 bits per heavy atom. The standard InChI is InChI=1S/C12H11ClN2O2S/c13-9-3-1-8(2-4-9)5-10-6-15(7-11(16)17)12(14)18-10/h1-4,6,14H,5,7H2,(H,16,17). The number of rotatable bonds is 4. The number of thiazole rings is 1. The molecule has 6 heteroatoms. The van der Waals surface area contributed by atoms with E-state index >= 15 is 0 Å². The van der Waals surface area contributed by atoms with Crippen molar-refractivity contribution in [2.24, 2.45) is 0 Å². The second-order valence-corrected chi connectivity index (χ2v) is 5.38. The number of aromatic nitrogens is 1. The Kier molecular flexibility index (Phi) is 3.84. The minimum absolute atomic E-state index is 0.171. The Balaban J connectivity index is 2.17. The molecular formula is C12H11ClN2O2S. The summed E-state index contributed by atoms with van der Waals surface area (Å²) in [7, 11) is 0. The summed E-state index contributed by atoms with van der Waals surface area (Å²) in [6.07, 6.45) is 2.40. The minimum atomic E-state index is -0.940. The van der Waals surface area contributed by atoms with E-state index in [-0.39, 0.29) is 11.3 Å². The second-order valence-electron chi connectivity index (χ2n) is 3.83. The first kappa shape index (κ1) is 12.9. The Morgan fingerprint density at radius 2 is 2.06 bits per heavy atom. The van der Waals surface area contributed by atoms with Gasteiger partial charge in [0.05, 0.1) is 0 Å². The van der Waals surface area contributed by atoms with Gasteiger partial charge >= 0.3 is 5.97 Å². The maximum Gasteiger partial charge on any atom is 0.323 e. The monoisotopic (exact) mass is 282 g/mol. The fraction of sp³-hybridized carbons (Fsp3) is 0.167. The van der Waals surface area contributed by atoms with Gasteiger partial charge in [-0.05, 0) is 17.7 Å². The molecule has 2 N–H and O–H groups in total. The van der Waals surface area contributed by atoms with Gasteiger partial charge in [-0.3, -0.25) is 10.2 Å². The van der Waals surface area contributed by atoms with Crippen molar-refractivity contribution in [2.75, 3.05) is 0 Å². The lowest BCUT2D eigenvalue weighted by Gasteiger charge is -1.98. The van der Waals surface area contributed by atoms with E-state index in [9.17, 15) is 4.79 Å². The molecule has 0 atom stereocenters. The van der Waals surface area contributed by atoms with Gasteiger partial charge in [-0.15, -0.1) is 11.3 Å². The lowest BCUT2D eigenvalue weighted by molar-refractivity contribution is -0.137. The maximum atomic E-state index is 10.6. The van der Waals surface area contributed by atoms with Crippen LogP contribution in [-0.4, -0.2) is 15.6 Å². The van der Waals surface area contributed by atoms with Crippen molar-refractivity contribution in [1.29, 1.82) is 5.41 Å². The largest absolute Gasteiger partial charge is 0.480 e. The van der Waals surface area contributed by atoms with Gasteiger partial charge in [-0.25, -0.2) is 0 Å². The predicted molar refractivity (Wildman–Crippen MR) is 70.1 cm³/mol. The first-order valence-electron chi connectivity index (χ1n) is 5.24. The zero-order chi connectivity index (χ0) is 13.1. The third-order valence-corrected chi connectivity index (χ3v) is 3.58. The van der Waals surface area contributed by atoms with Crippen LogP contribution in [-0.2, 0) is 17.8 Å². The van der Waals surface area contributed by atoms with Gasteiger partial charge in [0.1, 0.15) is 6.54 Å². The van der Waals surface area contributed by atoms with Gasteiger partial charge in [-0.1, -0.05) is 23.7 Å². The van der Waals surface area contributed by atoms with E-state index in [0.717, 1.165) is 10.4 Å². The van der Waals surface area contributed by atoms with Crippen LogP contribution >= 0.6 is 22.9 Å². The summed E-state index contributed by atoms with van der Waals surface area (Å²) in [4.78, 5) is 11.8. The van der Waals surface area contributed by atoms with E-state index in [0.29, 0.717) is 11.4 Å². The normalized spacial score (nSPS) is 10.5. The van der Waals surface area contributed by atoms with Gasteiger partial charge in [0.25, 0.3) is 0 Å². The quantitative estimate of drug-likeness (QED) is 0.904. The summed E-state index contributed by atoms with van der Waals surface area (Å²) >= 11 is 7.09. The molecule has 1 heterocycles. The number of aliphatic carboxylic acids is 1. The molecule has 0 fully saturated rings. The number of benzene rings is 1. The highest BCUT2D eigenvalue weighted by molar-refractivity contribution is 7.09. The fourth-order valence-electron chi connectivity index (χ4n) is 1.59. The number of carboxylic acids is 1. The van der Waals surface area contributed by atoms with Crippen molar-refractivity contribution < 1.29 is 9.90 Å². The molecule has 0 aliphatic carbocycles. The molecule has 0 saturated carbocycles. The van der Waals surface area contributed by atoms with Crippen LogP contribution in [0.25, 0.3) is 0 Å². The summed E-state index contributed by atoms with van der Waals surface area (Å²) < 4.78 is 1.43. The number of hydrogen-bond donors (Lipinski definition) is 2. The Bertz CT molecular complexity index is 616. The number of halogens is 1. The van der Waals surface area contributed by atoms with Crippen molar-refractivity contribution in [2.45, 2.75) is 13.0 Å².